The molecular weight excluding hydrogens is 999 g/mol. The van der Waals surface area contributed by atoms with Gasteiger partial charge in [0, 0.05) is 61.2 Å². The van der Waals surface area contributed by atoms with Crippen LogP contribution in [0.5, 0.6) is 0 Å². The predicted molar refractivity (Wildman–Crippen MR) is 340 cm³/mol. The molecule has 0 saturated carbocycles. The molecule has 7 nitrogen and oxygen atoms in total. The highest BCUT2D eigenvalue weighted by Gasteiger charge is 2.24. The van der Waals surface area contributed by atoms with Gasteiger partial charge in [0.25, 0.3) is 0 Å². The molecule has 3 heterocycles. The molecule has 0 saturated heterocycles. The monoisotopic (exact) mass is 1050 g/mol. The van der Waals surface area contributed by atoms with Crippen molar-refractivity contribution in [1.29, 1.82) is 0 Å². The fraction of sp³-hybridized carbons (Fsp3) is 0. The predicted octanol–water partition coefficient (Wildman–Crippen LogP) is 19.7. The van der Waals surface area contributed by atoms with Crippen LogP contribution >= 0.6 is 0 Å². The van der Waals surface area contributed by atoms with E-state index in [1.54, 1.807) is 0 Å². The molecule has 15 rings (SSSR count). The summed E-state index contributed by atoms with van der Waals surface area (Å²) < 4.78 is 4.42. The Balaban J connectivity index is 0.954. The van der Waals surface area contributed by atoms with Crippen LogP contribution in [0.15, 0.2) is 309 Å². The largest absolute Gasteiger partial charge is 0.310 e. The van der Waals surface area contributed by atoms with Gasteiger partial charge in [0.15, 0.2) is 5.82 Å². The van der Waals surface area contributed by atoms with E-state index in [2.05, 4.69) is 328 Å². The lowest BCUT2D eigenvalue weighted by Gasteiger charge is -2.25. The van der Waals surface area contributed by atoms with Gasteiger partial charge in [-0.2, -0.15) is 15.0 Å². The fourth-order valence-electron chi connectivity index (χ4n) is 11.7. The van der Waals surface area contributed by atoms with E-state index in [-0.39, 0.29) is 0 Å². The maximum absolute atomic E-state index is 5.60. The Bertz CT molecular complexity index is 4440. The van der Waals surface area contributed by atoms with E-state index in [9.17, 15) is 0 Å². The van der Waals surface area contributed by atoms with Crippen LogP contribution < -0.4 is 9.80 Å². The molecule has 0 bridgehead atoms. The van der Waals surface area contributed by atoms with Gasteiger partial charge in [-0.3, -0.25) is 9.13 Å². The van der Waals surface area contributed by atoms with Gasteiger partial charge < -0.3 is 9.80 Å². The smallest absolute Gasteiger partial charge is 0.240 e. The molecule has 0 N–H and O–H groups in total. The van der Waals surface area contributed by atoms with Gasteiger partial charge in [-0.15, -0.1) is 0 Å². The van der Waals surface area contributed by atoms with Gasteiger partial charge in [-0.05, 0) is 155 Å². The number of aromatic nitrogens is 5. The van der Waals surface area contributed by atoms with Gasteiger partial charge in [-0.25, -0.2) is 0 Å². The zero-order valence-corrected chi connectivity index (χ0v) is 44.6. The van der Waals surface area contributed by atoms with Crippen LogP contribution in [0.25, 0.3) is 100 Å². The van der Waals surface area contributed by atoms with Crippen LogP contribution in [0.1, 0.15) is 0 Å². The molecule has 0 amide bonds. The lowest BCUT2D eigenvalue weighted by Crippen LogP contribution is -2.11. The van der Waals surface area contributed by atoms with Crippen molar-refractivity contribution in [2.24, 2.45) is 0 Å². The molecule has 15 aromatic rings. The minimum Gasteiger partial charge on any atom is -0.310 e. The summed E-state index contributed by atoms with van der Waals surface area (Å²) in [5, 5.41) is 4.33. The van der Waals surface area contributed by atoms with Crippen molar-refractivity contribution in [2.75, 3.05) is 9.80 Å². The number of anilines is 6. The molecule has 3 aromatic heterocycles. The molecule has 0 aliphatic rings. The zero-order valence-electron chi connectivity index (χ0n) is 44.6. The third kappa shape index (κ3) is 8.70. The topological polar surface area (TPSA) is 55.0 Å². The van der Waals surface area contributed by atoms with E-state index < -0.39 is 0 Å². The van der Waals surface area contributed by atoms with Gasteiger partial charge in [0.05, 0.1) is 22.1 Å². The van der Waals surface area contributed by atoms with Gasteiger partial charge in [0.1, 0.15) is 0 Å². The molecule has 0 aliphatic heterocycles. The van der Waals surface area contributed by atoms with Crippen molar-refractivity contribution in [2.45, 2.75) is 0 Å². The summed E-state index contributed by atoms with van der Waals surface area (Å²) in [5.41, 5.74) is 17.9. The molecule has 12 aromatic carbocycles. The molecule has 0 radical (unpaired) electrons. The quantitative estimate of drug-likeness (QED) is 0.122. The summed E-state index contributed by atoms with van der Waals surface area (Å²) in [6.07, 6.45) is 0. The third-order valence-corrected chi connectivity index (χ3v) is 15.5. The highest BCUT2D eigenvalue weighted by atomic mass is 15.3. The molecule has 386 valence electrons. The Hall–Kier alpha value is -11.2. The van der Waals surface area contributed by atoms with Crippen molar-refractivity contribution < 1.29 is 0 Å². The maximum Gasteiger partial charge on any atom is 0.240 e. The molecule has 0 aliphatic carbocycles. The van der Waals surface area contributed by atoms with Crippen molar-refractivity contribution in [3.63, 3.8) is 0 Å². The first-order chi connectivity index (χ1) is 40.7. The molecule has 0 unspecified atom stereocenters. The van der Waals surface area contributed by atoms with Crippen molar-refractivity contribution >= 4 is 77.7 Å². The number of fused-ring (bicyclic) bond motifs is 6. The lowest BCUT2D eigenvalue weighted by atomic mass is 9.93. The number of hydrogen-bond donors (Lipinski definition) is 0. The second-order valence-electron chi connectivity index (χ2n) is 20.5. The summed E-state index contributed by atoms with van der Waals surface area (Å²) in [7, 11) is 0. The third-order valence-electron chi connectivity index (χ3n) is 15.5. The Labute approximate surface area is 475 Å². The van der Waals surface area contributed by atoms with E-state index in [0.717, 1.165) is 117 Å². The minimum atomic E-state index is 0.506. The summed E-state index contributed by atoms with van der Waals surface area (Å²) in [4.78, 5) is 21.3. The van der Waals surface area contributed by atoms with Crippen molar-refractivity contribution in [3.8, 4) is 56.7 Å². The lowest BCUT2D eigenvalue weighted by molar-refractivity contribution is 0.893. The van der Waals surface area contributed by atoms with Gasteiger partial charge in [-0.1, -0.05) is 188 Å². The standard InChI is InChI=1S/C75H51N7/c1-7-24-52(25-8-1)56-47-57(53-26-9-2-10-27-53)49-58(48-56)54-28-23-29-55(46-54)73-76-74(81-69-40-21-19-38-65(69)67-50-63(42-44-71(67)81)79(59-30-11-3-12-31-59)60-32-13-4-14-33-60)78-75(77-73)82-70-41-22-20-39-66(70)68-51-64(43-45-72(68)82)80(61-34-15-5-16-35-61)62-36-17-6-18-37-62/h1-51H. The van der Waals surface area contributed by atoms with Crippen LogP contribution in [0.2, 0.25) is 0 Å². The normalized spacial score (nSPS) is 11.4. The molecule has 0 spiro atoms. The zero-order chi connectivity index (χ0) is 54.3. The SMILES string of the molecule is c1ccc(-c2cc(-c3ccccc3)cc(-c3cccc(-c4nc(-n5c6ccccc6c6cc(N(c7ccccc7)c7ccccc7)ccc65)nc(-n5c6ccccc6c6cc(N(c7ccccc7)c7ccccc7)ccc65)n4)c3)c2)cc1. The number of para-hydroxylation sites is 6. The summed E-state index contributed by atoms with van der Waals surface area (Å²) >= 11 is 0. The average molecular weight is 1050 g/mol. The summed E-state index contributed by atoms with van der Waals surface area (Å²) in [5.74, 6) is 1.56. The summed E-state index contributed by atoms with van der Waals surface area (Å²) in [6.45, 7) is 0. The van der Waals surface area contributed by atoms with E-state index in [4.69, 9.17) is 15.0 Å². The maximum atomic E-state index is 5.60. The molecule has 0 fully saturated rings. The highest BCUT2D eigenvalue weighted by Crippen LogP contribution is 2.43. The van der Waals surface area contributed by atoms with E-state index >= 15 is 0 Å². The van der Waals surface area contributed by atoms with Crippen LogP contribution in [0.3, 0.4) is 0 Å². The van der Waals surface area contributed by atoms with Crippen molar-refractivity contribution in [3.05, 3.63) is 309 Å². The molecule has 0 atom stereocenters. The average Bonchev–Trinajstić information content (AvgIpc) is 3.94. The number of hydrogen-bond acceptors (Lipinski definition) is 5. The Morgan fingerprint density at radius 2 is 0.524 bits per heavy atom. The molecular formula is C75H51N7. The molecule has 7 heteroatoms. The van der Waals surface area contributed by atoms with Gasteiger partial charge in [0.2, 0.25) is 11.9 Å². The van der Waals surface area contributed by atoms with E-state index in [1.807, 2.05) is 0 Å². The first kappa shape index (κ1) is 48.0. The Morgan fingerprint density at radius 1 is 0.207 bits per heavy atom. The highest BCUT2D eigenvalue weighted by molar-refractivity contribution is 6.12. The number of nitrogens with zero attached hydrogens (tertiary/aromatic N) is 7. The summed E-state index contributed by atoms with van der Waals surface area (Å²) in [6, 6.07) is 110. The fourth-order valence-corrected chi connectivity index (χ4v) is 11.7. The Morgan fingerprint density at radius 3 is 0.939 bits per heavy atom. The van der Waals surface area contributed by atoms with Crippen LogP contribution in [0.4, 0.5) is 34.1 Å². The minimum absolute atomic E-state index is 0.506. The Kier molecular flexibility index (Phi) is 12.0. The first-order valence-electron chi connectivity index (χ1n) is 27.7. The van der Waals surface area contributed by atoms with E-state index in [1.165, 1.54) is 0 Å². The number of rotatable bonds is 12. The molecule has 82 heavy (non-hydrogen) atoms. The van der Waals surface area contributed by atoms with Crippen LogP contribution in [-0.4, -0.2) is 24.1 Å². The van der Waals surface area contributed by atoms with Crippen LogP contribution in [0, 0.1) is 0 Å². The second kappa shape index (κ2) is 20.6. The number of benzene rings is 12. The first-order valence-corrected chi connectivity index (χ1v) is 27.7. The second-order valence-corrected chi connectivity index (χ2v) is 20.5. The van der Waals surface area contributed by atoms with Crippen LogP contribution in [-0.2, 0) is 0 Å². The van der Waals surface area contributed by atoms with Crippen molar-refractivity contribution in [1.82, 2.24) is 24.1 Å². The van der Waals surface area contributed by atoms with E-state index in [0.29, 0.717) is 17.7 Å². The van der Waals surface area contributed by atoms with Gasteiger partial charge >= 0.3 is 0 Å².